The minimum atomic E-state index is 0.243. The summed E-state index contributed by atoms with van der Waals surface area (Å²) in [4.78, 5) is 0. The van der Waals surface area contributed by atoms with E-state index in [2.05, 4.69) is 39.0 Å². The molecule has 1 heteroatoms. The van der Waals surface area contributed by atoms with Crippen molar-refractivity contribution in [2.24, 2.45) is 0 Å². The van der Waals surface area contributed by atoms with Crippen LogP contribution in [0.5, 0.6) is 5.75 Å². The molecule has 0 atom stereocenters. The maximum absolute atomic E-state index is 5.49. The minimum absolute atomic E-state index is 0.243. The molecule has 0 aliphatic heterocycles. The molecule has 1 nitrogen and oxygen atoms in total. The Kier molecular flexibility index (Phi) is 3.56. The molecule has 1 rings (SSSR count). The molecule has 14 heavy (non-hydrogen) atoms. The molecule has 0 radical (unpaired) electrons. The van der Waals surface area contributed by atoms with E-state index in [1.807, 2.05) is 13.0 Å². The van der Waals surface area contributed by atoms with Gasteiger partial charge in [0.2, 0.25) is 0 Å². The van der Waals surface area contributed by atoms with Crippen molar-refractivity contribution in [2.45, 2.75) is 39.5 Å². The Morgan fingerprint density at radius 3 is 2.50 bits per heavy atom. The monoisotopic (exact) mass is 192 g/mol. The molecule has 0 unspecified atom stereocenters. The Labute approximate surface area is 87.1 Å². The van der Waals surface area contributed by atoms with Gasteiger partial charge in [0, 0.05) is 0 Å². The van der Waals surface area contributed by atoms with Gasteiger partial charge in [0.25, 0.3) is 0 Å². The van der Waals surface area contributed by atoms with Gasteiger partial charge < -0.3 is 4.74 Å². The van der Waals surface area contributed by atoms with Gasteiger partial charge in [0.05, 0.1) is 6.61 Å². The second-order valence-electron chi connectivity index (χ2n) is 4.20. The summed E-state index contributed by atoms with van der Waals surface area (Å²) in [6.45, 7) is 9.48. The van der Waals surface area contributed by atoms with Gasteiger partial charge in [-0.3, -0.25) is 0 Å². The molecular formula is C13H20O. The zero-order chi connectivity index (χ0) is 10.6. The van der Waals surface area contributed by atoms with Gasteiger partial charge >= 0.3 is 0 Å². The first-order valence-corrected chi connectivity index (χ1v) is 5.33. The summed E-state index contributed by atoms with van der Waals surface area (Å²) in [6, 6.07) is 8.40. The first-order valence-electron chi connectivity index (χ1n) is 5.33. The van der Waals surface area contributed by atoms with Crippen molar-refractivity contribution in [3.63, 3.8) is 0 Å². The van der Waals surface area contributed by atoms with Crippen LogP contribution in [0.15, 0.2) is 24.3 Å². The van der Waals surface area contributed by atoms with Gasteiger partial charge in [-0.25, -0.2) is 0 Å². The summed E-state index contributed by atoms with van der Waals surface area (Å²) in [7, 11) is 0. The Morgan fingerprint density at radius 1 is 1.21 bits per heavy atom. The topological polar surface area (TPSA) is 9.23 Å². The minimum Gasteiger partial charge on any atom is -0.494 e. The average molecular weight is 192 g/mol. The lowest BCUT2D eigenvalue weighted by Gasteiger charge is -2.23. The van der Waals surface area contributed by atoms with E-state index in [9.17, 15) is 0 Å². The lowest BCUT2D eigenvalue weighted by atomic mass is 9.82. The molecule has 0 aliphatic rings. The second-order valence-corrected chi connectivity index (χ2v) is 4.20. The lowest BCUT2D eigenvalue weighted by Crippen LogP contribution is -2.15. The van der Waals surface area contributed by atoms with E-state index in [-0.39, 0.29) is 5.41 Å². The second kappa shape index (κ2) is 4.50. The zero-order valence-corrected chi connectivity index (χ0v) is 9.63. The molecule has 0 N–H and O–H groups in total. The highest BCUT2D eigenvalue weighted by atomic mass is 16.5. The third kappa shape index (κ3) is 2.50. The fraction of sp³-hybridized carbons (Fsp3) is 0.538. The van der Waals surface area contributed by atoms with Crippen molar-refractivity contribution < 1.29 is 4.74 Å². The van der Waals surface area contributed by atoms with Crippen LogP contribution in [0.25, 0.3) is 0 Å². The third-order valence-corrected chi connectivity index (χ3v) is 2.81. The Bertz CT molecular complexity index is 289. The van der Waals surface area contributed by atoms with Crippen LogP contribution in [-0.2, 0) is 5.41 Å². The standard InChI is InChI=1S/C13H20O/c1-5-13(3,4)11-8-7-9-12(10-11)14-6-2/h7-10H,5-6H2,1-4H3. The number of ether oxygens (including phenoxy) is 1. The fourth-order valence-corrected chi connectivity index (χ4v) is 1.38. The van der Waals surface area contributed by atoms with Crippen LogP contribution in [0.2, 0.25) is 0 Å². The quantitative estimate of drug-likeness (QED) is 0.705. The van der Waals surface area contributed by atoms with Crippen LogP contribution >= 0.6 is 0 Å². The number of rotatable bonds is 4. The van der Waals surface area contributed by atoms with Crippen LogP contribution in [0, 0.1) is 0 Å². The summed E-state index contributed by atoms with van der Waals surface area (Å²) >= 11 is 0. The predicted octanol–water partition coefficient (Wildman–Crippen LogP) is 3.77. The Hall–Kier alpha value is -0.980. The van der Waals surface area contributed by atoms with E-state index in [0.717, 1.165) is 18.8 Å². The van der Waals surface area contributed by atoms with Crippen LogP contribution in [0.4, 0.5) is 0 Å². The number of hydrogen-bond acceptors (Lipinski definition) is 1. The van der Waals surface area contributed by atoms with E-state index in [1.165, 1.54) is 5.56 Å². The van der Waals surface area contributed by atoms with Crippen LogP contribution in [0.3, 0.4) is 0 Å². The summed E-state index contributed by atoms with van der Waals surface area (Å²) in [5.41, 5.74) is 1.60. The SMILES string of the molecule is CCOc1cccc(C(C)(C)CC)c1. The van der Waals surface area contributed by atoms with Gasteiger partial charge in [0.15, 0.2) is 0 Å². The van der Waals surface area contributed by atoms with Crippen molar-refractivity contribution >= 4 is 0 Å². The summed E-state index contributed by atoms with van der Waals surface area (Å²) in [5.74, 6) is 0.978. The van der Waals surface area contributed by atoms with E-state index in [1.54, 1.807) is 0 Å². The van der Waals surface area contributed by atoms with Crippen LogP contribution in [-0.4, -0.2) is 6.61 Å². The molecule has 0 saturated heterocycles. The summed E-state index contributed by atoms with van der Waals surface area (Å²) in [5, 5.41) is 0. The zero-order valence-electron chi connectivity index (χ0n) is 9.63. The molecule has 0 saturated carbocycles. The molecule has 0 aliphatic carbocycles. The van der Waals surface area contributed by atoms with Gasteiger partial charge in [-0.15, -0.1) is 0 Å². The van der Waals surface area contributed by atoms with E-state index in [4.69, 9.17) is 4.74 Å². The van der Waals surface area contributed by atoms with Crippen molar-refractivity contribution in [3.8, 4) is 5.75 Å². The third-order valence-electron chi connectivity index (χ3n) is 2.81. The van der Waals surface area contributed by atoms with Crippen molar-refractivity contribution in [2.75, 3.05) is 6.61 Å². The van der Waals surface area contributed by atoms with Gasteiger partial charge in [-0.05, 0) is 36.5 Å². The van der Waals surface area contributed by atoms with E-state index >= 15 is 0 Å². The molecule has 0 aromatic heterocycles. The normalized spacial score (nSPS) is 11.4. The van der Waals surface area contributed by atoms with Gasteiger partial charge in [0.1, 0.15) is 5.75 Å². The fourth-order valence-electron chi connectivity index (χ4n) is 1.38. The smallest absolute Gasteiger partial charge is 0.119 e. The molecule has 0 amide bonds. The average Bonchev–Trinajstić information content (AvgIpc) is 2.19. The van der Waals surface area contributed by atoms with Crippen LogP contribution in [0.1, 0.15) is 39.7 Å². The first-order chi connectivity index (χ1) is 6.60. The highest BCUT2D eigenvalue weighted by Crippen LogP contribution is 2.28. The molecule has 78 valence electrons. The van der Waals surface area contributed by atoms with Gasteiger partial charge in [-0.2, -0.15) is 0 Å². The molecule has 1 aromatic rings. The molecular weight excluding hydrogens is 172 g/mol. The van der Waals surface area contributed by atoms with Crippen molar-refractivity contribution in [3.05, 3.63) is 29.8 Å². The van der Waals surface area contributed by atoms with E-state index < -0.39 is 0 Å². The summed E-state index contributed by atoms with van der Waals surface area (Å²) < 4.78 is 5.49. The first kappa shape index (κ1) is 11.1. The molecule has 1 aromatic carbocycles. The maximum atomic E-state index is 5.49. The Morgan fingerprint density at radius 2 is 1.93 bits per heavy atom. The highest BCUT2D eigenvalue weighted by molar-refractivity contribution is 5.32. The highest BCUT2D eigenvalue weighted by Gasteiger charge is 2.17. The largest absolute Gasteiger partial charge is 0.494 e. The summed E-state index contributed by atoms with van der Waals surface area (Å²) in [6.07, 6.45) is 1.14. The number of benzene rings is 1. The number of hydrogen-bond donors (Lipinski definition) is 0. The van der Waals surface area contributed by atoms with Gasteiger partial charge in [-0.1, -0.05) is 32.9 Å². The lowest BCUT2D eigenvalue weighted by molar-refractivity contribution is 0.338. The molecule has 0 spiro atoms. The molecule has 0 fully saturated rings. The van der Waals surface area contributed by atoms with E-state index in [0.29, 0.717) is 0 Å². The predicted molar refractivity (Wildman–Crippen MR) is 60.9 cm³/mol. The van der Waals surface area contributed by atoms with Crippen molar-refractivity contribution in [1.29, 1.82) is 0 Å². The van der Waals surface area contributed by atoms with Crippen LogP contribution < -0.4 is 4.74 Å². The van der Waals surface area contributed by atoms with Crippen molar-refractivity contribution in [1.82, 2.24) is 0 Å². The Balaban J connectivity index is 2.93. The maximum Gasteiger partial charge on any atom is 0.119 e. The molecule has 0 heterocycles. The molecule has 0 bridgehead atoms.